The van der Waals surface area contributed by atoms with E-state index in [0.29, 0.717) is 0 Å². The van der Waals surface area contributed by atoms with Gasteiger partial charge in [-0.2, -0.15) is 0 Å². The van der Waals surface area contributed by atoms with Crippen molar-refractivity contribution in [2.24, 2.45) is 0 Å². The van der Waals surface area contributed by atoms with E-state index in [-0.39, 0.29) is 58.7 Å². The van der Waals surface area contributed by atoms with Gasteiger partial charge in [0, 0.05) is 0 Å². The van der Waals surface area contributed by atoms with Gasteiger partial charge in [0.15, 0.2) is 0 Å². The van der Waals surface area contributed by atoms with Gasteiger partial charge in [0.2, 0.25) is 0 Å². The van der Waals surface area contributed by atoms with Crippen molar-refractivity contribution in [3.8, 4) is 0 Å². The molecule has 0 saturated heterocycles. The van der Waals surface area contributed by atoms with Crippen molar-refractivity contribution in [2.45, 2.75) is 217 Å². The van der Waals surface area contributed by atoms with Crippen LogP contribution in [0, 0.1) is 0 Å². The summed E-state index contributed by atoms with van der Waals surface area (Å²) in [6, 6.07) is 18.5. The molecule has 0 N–H and O–H groups in total. The first-order chi connectivity index (χ1) is 28.9. The topological polar surface area (TPSA) is 114 Å². The van der Waals surface area contributed by atoms with Crippen molar-refractivity contribution in [2.75, 3.05) is 0 Å². The molecule has 0 aromatic heterocycles. The second-order valence-corrected chi connectivity index (χ2v) is 20.0. The Balaban J connectivity index is 0.000000413. The van der Waals surface area contributed by atoms with E-state index in [1.54, 1.807) is 24.3 Å². The second kappa shape index (κ2) is 31.6. The zero-order chi connectivity index (χ0) is 43.6. The van der Waals surface area contributed by atoms with Crippen LogP contribution in [0.2, 0.25) is 0 Å². The average Bonchev–Trinajstić information content (AvgIpc) is 3.22. The number of hydrogen-bond acceptors (Lipinski definition) is 6. The van der Waals surface area contributed by atoms with Crippen LogP contribution in [-0.4, -0.2) is 74.8 Å². The van der Waals surface area contributed by atoms with Crippen LogP contribution in [-0.2, 0) is 45.9 Å². The quantitative estimate of drug-likeness (QED) is 0.0292. The first kappa shape index (κ1) is 55.9. The molecule has 0 amide bonds. The van der Waals surface area contributed by atoms with Crippen molar-refractivity contribution in [3.63, 3.8) is 0 Å². The number of hydrogen-bond donors (Lipinski definition) is 0. The van der Waals surface area contributed by atoms with E-state index in [1.165, 1.54) is 176 Å². The van der Waals surface area contributed by atoms with E-state index in [0.717, 1.165) is 60.1 Å². The van der Waals surface area contributed by atoms with Crippen LogP contribution in [0.1, 0.15) is 204 Å². The normalized spacial score (nSPS) is 11.8. The van der Waals surface area contributed by atoms with Crippen LogP contribution in [0.5, 0.6) is 0 Å². The third-order valence-electron chi connectivity index (χ3n) is 12.0. The molecule has 0 aliphatic rings. The third kappa shape index (κ3) is 22.0. The van der Waals surface area contributed by atoms with Crippen LogP contribution in [0.25, 0.3) is 21.5 Å². The molecule has 336 valence electrons. The zero-order valence-corrected chi connectivity index (χ0v) is 44.6. The molecule has 4 aromatic rings. The third-order valence-corrected chi connectivity index (χ3v) is 13.6. The fourth-order valence-electron chi connectivity index (χ4n) is 8.39. The number of fused-ring (bicyclic) bond motifs is 2. The maximum Gasteiger partial charge on any atom is 2.00 e. The number of aryl methyl sites for hydroxylation is 4. The standard InChI is InChI=1S/2C26H40O3S.Ba/c2*1-3-5-7-9-11-13-15-22-19-23(16-14-12-10-8-6-4-2)26-21-25(30(27,28)29)18-17-24(26)20-22;/h2*17-21H,3-16H2,1-2H3,(H,27,28,29);/q;;+2/p-2. The smallest absolute Gasteiger partial charge is 0.744 e. The maximum atomic E-state index is 11.5. The molecule has 61 heavy (non-hydrogen) atoms. The van der Waals surface area contributed by atoms with Gasteiger partial charge in [-0.3, -0.25) is 0 Å². The van der Waals surface area contributed by atoms with Gasteiger partial charge in [-0.15, -0.1) is 0 Å². The van der Waals surface area contributed by atoms with E-state index in [9.17, 15) is 25.9 Å². The van der Waals surface area contributed by atoms with Crippen LogP contribution in [0.3, 0.4) is 0 Å². The fourth-order valence-corrected chi connectivity index (χ4v) is 9.38. The van der Waals surface area contributed by atoms with Gasteiger partial charge < -0.3 is 9.11 Å². The molecule has 0 fully saturated rings. The molecule has 6 nitrogen and oxygen atoms in total. The Labute approximate surface area is 412 Å². The van der Waals surface area contributed by atoms with Crippen molar-refractivity contribution >= 4 is 90.7 Å². The molecule has 9 heteroatoms. The molecule has 4 rings (SSSR count). The van der Waals surface area contributed by atoms with Gasteiger partial charge in [0.05, 0.1) is 9.79 Å². The van der Waals surface area contributed by atoms with E-state index in [2.05, 4.69) is 52.0 Å². The molecule has 0 unspecified atom stereocenters. The van der Waals surface area contributed by atoms with Gasteiger partial charge in [-0.05, 0) is 119 Å². The molecule has 4 aromatic carbocycles. The Morgan fingerprint density at radius 2 is 0.639 bits per heavy atom. The monoisotopic (exact) mass is 1000 g/mol. The molecule has 0 aliphatic carbocycles. The Morgan fingerprint density at radius 1 is 0.361 bits per heavy atom. The summed E-state index contributed by atoms with van der Waals surface area (Å²) in [7, 11) is -8.86. The molecule has 0 radical (unpaired) electrons. The van der Waals surface area contributed by atoms with E-state index >= 15 is 0 Å². The van der Waals surface area contributed by atoms with E-state index in [1.807, 2.05) is 0 Å². The predicted molar refractivity (Wildman–Crippen MR) is 258 cm³/mol. The average molecular weight is 1000 g/mol. The Hall–Kier alpha value is -1.21. The van der Waals surface area contributed by atoms with E-state index < -0.39 is 20.2 Å². The number of rotatable bonds is 30. The van der Waals surface area contributed by atoms with Gasteiger partial charge >= 0.3 is 48.9 Å². The summed E-state index contributed by atoms with van der Waals surface area (Å²) in [5.74, 6) is 0. The molecule has 0 bridgehead atoms. The Bertz CT molecular complexity index is 1900. The molecular weight excluding hydrogens is 922 g/mol. The minimum Gasteiger partial charge on any atom is -0.744 e. The maximum absolute atomic E-state index is 11.5. The SMILES string of the molecule is CCCCCCCCc1cc(CCCCCCCC)c2cc(S(=O)(=O)[O-])ccc2c1.CCCCCCCCc1cc(CCCCCCCC)c2cc(S(=O)(=O)[O-])ccc2c1.[Ba+2]. The van der Waals surface area contributed by atoms with Gasteiger partial charge in [-0.1, -0.05) is 193 Å². The second-order valence-electron chi connectivity index (χ2n) is 17.3. The van der Waals surface area contributed by atoms with Crippen molar-refractivity contribution in [1.29, 1.82) is 0 Å². The largest absolute Gasteiger partial charge is 2.00 e. The van der Waals surface area contributed by atoms with Gasteiger partial charge in [0.1, 0.15) is 20.2 Å². The molecular formula is C52H78BaO6S2. The summed E-state index contributed by atoms with van der Waals surface area (Å²) in [6.07, 6.45) is 34.1. The van der Waals surface area contributed by atoms with Crippen LogP contribution in [0.4, 0.5) is 0 Å². The van der Waals surface area contributed by atoms with Crippen LogP contribution < -0.4 is 0 Å². The summed E-state index contributed by atoms with van der Waals surface area (Å²) in [6.45, 7) is 8.93. The summed E-state index contributed by atoms with van der Waals surface area (Å²) in [5.41, 5.74) is 5.04. The predicted octanol–water partition coefficient (Wildman–Crippen LogP) is 14.7. The Morgan fingerprint density at radius 3 is 0.934 bits per heavy atom. The van der Waals surface area contributed by atoms with Crippen LogP contribution >= 0.6 is 0 Å². The van der Waals surface area contributed by atoms with Crippen molar-refractivity contribution in [3.05, 3.63) is 82.9 Å². The summed E-state index contributed by atoms with van der Waals surface area (Å²) < 4.78 is 69.1. The molecule has 0 saturated carbocycles. The summed E-state index contributed by atoms with van der Waals surface area (Å²) >= 11 is 0. The number of unbranched alkanes of at least 4 members (excludes halogenated alkanes) is 20. The fraction of sp³-hybridized carbons (Fsp3) is 0.615. The van der Waals surface area contributed by atoms with Crippen molar-refractivity contribution in [1.82, 2.24) is 0 Å². The van der Waals surface area contributed by atoms with E-state index in [4.69, 9.17) is 0 Å². The summed E-state index contributed by atoms with van der Waals surface area (Å²) in [4.78, 5) is -0.245. The first-order valence-corrected chi connectivity index (χ1v) is 26.8. The minimum absolute atomic E-state index is 0. The molecule has 0 spiro atoms. The number of benzene rings is 4. The molecule has 0 atom stereocenters. The van der Waals surface area contributed by atoms with Crippen LogP contribution in [0.15, 0.2) is 70.5 Å². The van der Waals surface area contributed by atoms with Gasteiger partial charge in [0.25, 0.3) is 0 Å². The molecule has 0 heterocycles. The first-order valence-electron chi connectivity index (χ1n) is 23.9. The molecule has 0 aliphatic heterocycles. The Kier molecular flexibility index (Phi) is 29.0. The van der Waals surface area contributed by atoms with Crippen molar-refractivity contribution < 1.29 is 25.9 Å². The summed E-state index contributed by atoms with van der Waals surface area (Å²) in [5, 5.41) is 3.94. The minimum atomic E-state index is -4.43. The zero-order valence-electron chi connectivity index (χ0n) is 38.5. The van der Waals surface area contributed by atoms with Gasteiger partial charge in [-0.25, -0.2) is 16.8 Å².